The summed E-state index contributed by atoms with van der Waals surface area (Å²) >= 11 is 0. The molecule has 0 saturated heterocycles. The molecule has 0 saturated carbocycles. The van der Waals surface area contributed by atoms with Gasteiger partial charge >= 0.3 is 0 Å². The third-order valence-corrected chi connectivity index (χ3v) is 3.19. The van der Waals surface area contributed by atoms with Crippen LogP contribution in [0.5, 0.6) is 0 Å². The van der Waals surface area contributed by atoms with Crippen LogP contribution in [-0.2, 0) is 4.79 Å². The number of anilines is 1. The van der Waals surface area contributed by atoms with E-state index in [-0.39, 0.29) is 11.6 Å². The molecular weight excluding hydrogens is 284 g/mol. The molecule has 2 N–H and O–H groups in total. The minimum absolute atomic E-state index is 0.00231. The van der Waals surface area contributed by atoms with E-state index >= 15 is 0 Å². The number of aromatic nitrogens is 1. The highest BCUT2D eigenvalue weighted by Crippen LogP contribution is 2.29. The van der Waals surface area contributed by atoms with Crippen LogP contribution >= 0.6 is 0 Å². The molecule has 2 aromatic rings. The number of rotatable bonds is 6. The number of nitro groups is 1. The van der Waals surface area contributed by atoms with Crippen molar-refractivity contribution in [2.24, 2.45) is 0 Å². The van der Waals surface area contributed by atoms with E-state index in [1.807, 2.05) is 12.1 Å². The molecule has 0 spiro atoms. The van der Waals surface area contributed by atoms with Crippen LogP contribution in [0.15, 0.2) is 24.3 Å². The van der Waals surface area contributed by atoms with Crippen LogP contribution in [0.2, 0.25) is 0 Å². The third-order valence-electron chi connectivity index (χ3n) is 3.19. The van der Waals surface area contributed by atoms with Gasteiger partial charge in [-0.25, -0.2) is 4.98 Å². The highest BCUT2D eigenvalue weighted by Gasteiger charge is 2.15. The van der Waals surface area contributed by atoms with E-state index in [1.54, 1.807) is 13.0 Å². The van der Waals surface area contributed by atoms with Crippen molar-refractivity contribution in [3.63, 3.8) is 0 Å². The predicted octanol–water partition coefficient (Wildman–Crippen LogP) is 2.39. The van der Waals surface area contributed by atoms with Gasteiger partial charge in [-0.3, -0.25) is 14.9 Å². The molecule has 1 amide bonds. The van der Waals surface area contributed by atoms with E-state index in [9.17, 15) is 14.9 Å². The van der Waals surface area contributed by atoms with Crippen molar-refractivity contribution in [1.82, 2.24) is 10.3 Å². The number of hydrogen-bond donors (Lipinski definition) is 2. The van der Waals surface area contributed by atoms with Crippen molar-refractivity contribution in [2.45, 2.75) is 20.3 Å². The van der Waals surface area contributed by atoms with Gasteiger partial charge in [0.1, 0.15) is 0 Å². The Morgan fingerprint density at radius 1 is 1.36 bits per heavy atom. The van der Waals surface area contributed by atoms with Crippen LogP contribution in [0.1, 0.15) is 19.0 Å². The summed E-state index contributed by atoms with van der Waals surface area (Å²) in [6.45, 7) is 4.52. The topological polar surface area (TPSA) is 97.2 Å². The molecule has 0 aliphatic rings. The molecular formula is C15H18N4O3. The van der Waals surface area contributed by atoms with E-state index in [4.69, 9.17) is 0 Å². The number of non-ortho nitro benzene ring substituents is 1. The smallest absolute Gasteiger partial charge is 0.295 e. The molecule has 2 rings (SSSR count). The molecule has 0 fully saturated rings. The zero-order valence-corrected chi connectivity index (χ0v) is 12.5. The second-order valence-electron chi connectivity index (χ2n) is 5.00. The number of para-hydroxylation sites is 1. The summed E-state index contributed by atoms with van der Waals surface area (Å²) < 4.78 is 0. The SMILES string of the molecule is CC(=O)NCCCNc1cc(C)nc2c([N+](=O)[O-])cccc12. The van der Waals surface area contributed by atoms with E-state index < -0.39 is 4.92 Å². The summed E-state index contributed by atoms with van der Waals surface area (Å²) in [6, 6.07) is 6.78. The second-order valence-corrected chi connectivity index (χ2v) is 5.00. The van der Waals surface area contributed by atoms with Crippen molar-refractivity contribution in [3.05, 3.63) is 40.1 Å². The number of hydrogen-bond acceptors (Lipinski definition) is 5. The first-order valence-electron chi connectivity index (χ1n) is 7.02. The number of nitro benzene ring substituents is 1. The molecule has 7 heteroatoms. The normalized spacial score (nSPS) is 10.5. The van der Waals surface area contributed by atoms with Gasteiger partial charge in [-0.05, 0) is 19.4 Å². The monoisotopic (exact) mass is 302 g/mol. The number of nitrogens with one attached hydrogen (secondary N) is 2. The fourth-order valence-electron chi connectivity index (χ4n) is 2.23. The van der Waals surface area contributed by atoms with Crippen LogP contribution in [0.25, 0.3) is 10.9 Å². The van der Waals surface area contributed by atoms with Crippen molar-refractivity contribution in [3.8, 4) is 0 Å². The number of benzene rings is 1. The Hall–Kier alpha value is -2.70. The molecule has 7 nitrogen and oxygen atoms in total. The van der Waals surface area contributed by atoms with Gasteiger partial charge in [-0.1, -0.05) is 12.1 Å². The predicted molar refractivity (Wildman–Crippen MR) is 84.9 cm³/mol. The maximum atomic E-state index is 11.1. The van der Waals surface area contributed by atoms with Gasteiger partial charge in [-0.2, -0.15) is 0 Å². The lowest BCUT2D eigenvalue weighted by molar-refractivity contribution is -0.383. The Balaban J connectivity index is 2.21. The number of pyridine rings is 1. The minimum atomic E-state index is -0.421. The first kappa shape index (κ1) is 15.7. The number of fused-ring (bicyclic) bond motifs is 1. The highest BCUT2D eigenvalue weighted by atomic mass is 16.6. The summed E-state index contributed by atoms with van der Waals surface area (Å²) in [4.78, 5) is 25.8. The fraction of sp³-hybridized carbons (Fsp3) is 0.333. The van der Waals surface area contributed by atoms with Crippen LogP contribution in [0.3, 0.4) is 0 Å². The number of aryl methyl sites for hydroxylation is 1. The maximum absolute atomic E-state index is 11.1. The third kappa shape index (κ3) is 3.69. The minimum Gasteiger partial charge on any atom is -0.384 e. The van der Waals surface area contributed by atoms with Gasteiger partial charge in [-0.15, -0.1) is 0 Å². The van der Waals surface area contributed by atoms with E-state index in [0.29, 0.717) is 24.3 Å². The second kappa shape index (κ2) is 6.84. The quantitative estimate of drug-likeness (QED) is 0.485. The van der Waals surface area contributed by atoms with Crippen molar-refractivity contribution in [2.75, 3.05) is 18.4 Å². The molecule has 0 bridgehead atoms. The Morgan fingerprint density at radius 2 is 2.14 bits per heavy atom. The summed E-state index contributed by atoms with van der Waals surface area (Å²) in [5, 5.41) is 17.8. The molecule has 1 aromatic heterocycles. The van der Waals surface area contributed by atoms with Gasteiger partial charge in [0.15, 0.2) is 5.52 Å². The van der Waals surface area contributed by atoms with Gasteiger partial charge < -0.3 is 10.6 Å². The van der Waals surface area contributed by atoms with Crippen molar-refractivity contribution in [1.29, 1.82) is 0 Å². The Labute approximate surface area is 127 Å². The average molecular weight is 302 g/mol. The van der Waals surface area contributed by atoms with Crippen LogP contribution < -0.4 is 10.6 Å². The van der Waals surface area contributed by atoms with Gasteiger partial charge in [0.2, 0.25) is 5.91 Å². The Kier molecular flexibility index (Phi) is 4.88. The maximum Gasteiger partial charge on any atom is 0.295 e. The lowest BCUT2D eigenvalue weighted by atomic mass is 10.1. The van der Waals surface area contributed by atoms with Crippen molar-refractivity contribution < 1.29 is 9.72 Å². The summed E-state index contributed by atoms with van der Waals surface area (Å²) in [6.07, 6.45) is 0.761. The molecule has 22 heavy (non-hydrogen) atoms. The van der Waals surface area contributed by atoms with E-state index in [2.05, 4.69) is 15.6 Å². The molecule has 0 unspecified atom stereocenters. The molecule has 0 aliphatic heterocycles. The Morgan fingerprint density at radius 3 is 2.82 bits per heavy atom. The molecule has 0 aliphatic carbocycles. The lowest BCUT2D eigenvalue weighted by Gasteiger charge is -2.11. The van der Waals surface area contributed by atoms with E-state index in [1.165, 1.54) is 13.0 Å². The average Bonchev–Trinajstić information content (AvgIpc) is 2.45. The summed E-state index contributed by atoms with van der Waals surface area (Å²) in [5.74, 6) is -0.0548. The number of amides is 1. The van der Waals surface area contributed by atoms with Gasteiger partial charge in [0, 0.05) is 42.8 Å². The van der Waals surface area contributed by atoms with E-state index in [0.717, 1.165) is 17.5 Å². The lowest BCUT2D eigenvalue weighted by Crippen LogP contribution is -2.22. The summed E-state index contributed by atoms with van der Waals surface area (Å²) in [5.41, 5.74) is 1.92. The first-order valence-corrected chi connectivity index (χ1v) is 7.02. The van der Waals surface area contributed by atoms with Crippen LogP contribution in [0.4, 0.5) is 11.4 Å². The zero-order valence-electron chi connectivity index (χ0n) is 12.5. The van der Waals surface area contributed by atoms with Gasteiger partial charge in [0.05, 0.1) is 4.92 Å². The molecule has 0 radical (unpaired) electrons. The largest absolute Gasteiger partial charge is 0.384 e. The summed E-state index contributed by atoms with van der Waals surface area (Å²) in [7, 11) is 0. The number of carbonyl (C=O) groups is 1. The molecule has 0 atom stereocenters. The van der Waals surface area contributed by atoms with Crippen LogP contribution in [0, 0.1) is 17.0 Å². The zero-order chi connectivity index (χ0) is 16.1. The van der Waals surface area contributed by atoms with Crippen LogP contribution in [-0.4, -0.2) is 28.9 Å². The highest BCUT2D eigenvalue weighted by molar-refractivity contribution is 5.96. The Bertz CT molecular complexity index is 715. The fourth-order valence-corrected chi connectivity index (χ4v) is 2.23. The number of carbonyl (C=O) groups excluding carboxylic acids is 1. The van der Waals surface area contributed by atoms with Crippen molar-refractivity contribution >= 4 is 28.2 Å². The molecule has 1 heterocycles. The standard InChI is InChI=1S/C15H18N4O3/c1-10-9-13(17-8-4-7-16-11(2)20)12-5-3-6-14(19(21)22)15(12)18-10/h3,5-6,9H,4,7-8H2,1-2H3,(H,16,20)(H,17,18). The molecule has 116 valence electrons. The first-order chi connectivity index (χ1) is 10.5. The number of nitrogens with zero attached hydrogens (tertiary/aromatic N) is 2. The molecule has 1 aromatic carbocycles. The van der Waals surface area contributed by atoms with Gasteiger partial charge in [0.25, 0.3) is 5.69 Å².